The molecule has 0 bridgehead atoms. The van der Waals surface area contributed by atoms with E-state index in [0.29, 0.717) is 11.7 Å². The minimum Gasteiger partial charge on any atom is -0.508 e. The maximum absolute atomic E-state index is 9.24. The Morgan fingerprint density at radius 1 is 1.38 bits per heavy atom. The zero-order valence-electron chi connectivity index (χ0n) is 9.76. The van der Waals surface area contributed by atoms with Crippen molar-refractivity contribution >= 4 is 0 Å². The first-order valence-electron chi connectivity index (χ1n) is 5.90. The summed E-state index contributed by atoms with van der Waals surface area (Å²) >= 11 is 0. The van der Waals surface area contributed by atoms with E-state index in [2.05, 4.69) is 11.9 Å². The second-order valence-corrected chi connectivity index (χ2v) is 4.78. The molecule has 3 N–H and O–H groups in total. The van der Waals surface area contributed by atoms with Crippen LogP contribution in [0.2, 0.25) is 0 Å². The fourth-order valence-corrected chi connectivity index (χ4v) is 2.47. The van der Waals surface area contributed by atoms with Gasteiger partial charge in [0.1, 0.15) is 5.75 Å². The van der Waals surface area contributed by atoms with E-state index in [1.165, 1.54) is 19.4 Å². The summed E-state index contributed by atoms with van der Waals surface area (Å²) in [5.41, 5.74) is 7.40. The predicted molar refractivity (Wildman–Crippen MR) is 65.3 cm³/mol. The molecule has 3 heteroatoms. The van der Waals surface area contributed by atoms with Crippen molar-refractivity contribution < 1.29 is 5.11 Å². The molecule has 0 aromatic heterocycles. The number of hydrogen-bond donors (Lipinski definition) is 2. The molecule has 0 radical (unpaired) electrons. The van der Waals surface area contributed by atoms with Crippen LogP contribution >= 0.6 is 0 Å². The third-order valence-corrected chi connectivity index (χ3v) is 3.45. The Hall–Kier alpha value is -1.06. The van der Waals surface area contributed by atoms with Crippen LogP contribution in [0.3, 0.4) is 0 Å². The summed E-state index contributed by atoms with van der Waals surface area (Å²) in [5.74, 6) is 0.833. The molecule has 1 fully saturated rings. The molecule has 0 amide bonds. The fraction of sp³-hybridized carbons (Fsp3) is 0.538. The van der Waals surface area contributed by atoms with Crippen LogP contribution in [0.25, 0.3) is 0 Å². The molecule has 1 aromatic carbocycles. The highest BCUT2D eigenvalue weighted by Gasteiger charge is 2.24. The summed E-state index contributed by atoms with van der Waals surface area (Å²) in [7, 11) is 2.15. The fourth-order valence-electron chi connectivity index (χ4n) is 2.47. The Morgan fingerprint density at radius 2 is 2.06 bits per heavy atom. The molecule has 2 atom stereocenters. The van der Waals surface area contributed by atoms with E-state index in [1.807, 2.05) is 12.1 Å². The molecule has 1 saturated heterocycles. The normalized spacial score (nSPS) is 24.2. The molecule has 1 aromatic rings. The van der Waals surface area contributed by atoms with E-state index >= 15 is 0 Å². The number of likely N-dealkylation sites (tertiary alicyclic amines) is 1. The van der Waals surface area contributed by atoms with Crippen LogP contribution in [0.5, 0.6) is 5.75 Å². The van der Waals surface area contributed by atoms with Gasteiger partial charge in [-0.25, -0.2) is 0 Å². The number of nitrogens with two attached hydrogens (primary N) is 1. The van der Waals surface area contributed by atoms with Gasteiger partial charge in [-0.15, -0.1) is 0 Å². The van der Waals surface area contributed by atoms with E-state index < -0.39 is 0 Å². The average molecular weight is 220 g/mol. The molecule has 1 aliphatic rings. The van der Waals surface area contributed by atoms with Crippen LogP contribution < -0.4 is 5.73 Å². The van der Waals surface area contributed by atoms with Crippen LogP contribution in [0.1, 0.15) is 24.4 Å². The second-order valence-electron chi connectivity index (χ2n) is 4.78. The van der Waals surface area contributed by atoms with Crippen LogP contribution in [0, 0.1) is 5.92 Å². The molecule has 16 heavy (non-hydrogen) atoms. The zero-order valence-corrected chi connectivity index (χ0v) is 9.76. The SMILES string of the molecule is CN1CCCC(C(N)c2ccc(O)cc2)C1. The first kappa shape index (κ1) is 11.4. The van der Waals surface area contributed by atoms with Gasteiger partial charge in [0.2, 0.25) is 0 Å². The monoisotopic (exact) mass is 220 g/mol. The van der Waals surface area contributed by atoms with Gasteiger partial charge < -0.3 is 15.7 Å². The van der Waals surface area contributed by atoms with Crippen molar-refractivity contribution in [2.75, 3.05) is 20.1 Å². The topological polar surface area (TPSA) is 49.5 Å². The molecule has 1 aliphatic heterocycles. The lowest BCUT2D eigenvalue weighted by Gasteiger charge is -2.33. The predicted octanol–water partition coefficient (Wildman–Crippen LogP) is 1.73. The van der Waals surface area contributed by atoms with Gasteiger partial charge in [0.15, 0.2) is 0 Å². The largest absolute Gasteiger partial charge is 0.508 e. The maximum Gasteiger partial charge on any atom is 0.115 e. The molecule has 0 spiro atoms. The first-order valence-corrected chi connectivity index (χ1v) is 5.90. The summed E-state index contributed by atoms with van der Waals surface area (Å²) in [6, 6.07) is 7.36. The summed E-state index contributed by atoms with van der Waals surface area (Å²) in [4.78, 5) is 2.34. The van der Waals surface area contributed by atoms with E-state index in [9.17, 15) is 5.11 Å². The summed E-state index contributed by atoms with van der Waals surface area (Å²) in [6.45, 7) is 2.25. The van der Waals surface area contributed by atoms with Gasteiger partial charge in [0.25, 0.3) is 0 Å². The van der Waals surface area contributed by atoms with Crippen LogP contribution in [0.15, 0.2) is 24.3 Å². The highest BCUT2D eigenvalue weighted by atomic mass is 16.3. The quantitative estimate of drug-likeness (QED) is 0.798. The minimum absolute atomic E-state index is 0.0864. The number of phenols is 1. The molecular formula is C13H20N2O. The van der Waals surface area contributed by atoms with Crippen molar-refractivity contribution in [3.05, 3.63) is 29.8 Å². The van der Waals surface area contributed by atoms with Gasteiger partial charge in [-0.1, -0.05) is 12.1 Å². The van der Waals surface area contributed by atoms with Gasteiger partial charge in [0, 0.05) is 12.6 Å². The highest BCUT2D eigenvalue weighted by Crippen LogP contribution is 2.28. The molecule has 2 unspecified atom stereocenters. The summed E-state index contributed by atoms with van der Waals surface area (Å²) in [5, 5.41) is 9.24. The van der Waals surface area contributed by atoms with Crippen molar-refractivity contribution in [2.45, 2.75) is 18.9 Å². The summed E-state index contributed by atoms with van der Waals surface area (Å²) in [6.07, 6.45) is 2.43. The number of phenolic OH excluding ortho intramolecular Hbond substituents is 1. The van der Waals surface area contributed by atoms with E-state index in [0.717, 1.165) is 12.1 Å². The van der Waals surface area contributed by atoms with Gasteiger partial charge in [-0.05, 0) is 50.0 Å². The minimum atomic E-state index is 0.0864. The molecule has 2 rings (SSSR count). The standard InChI is InChI=1S/C13H20N2O/c1-15-8-2-3-11(9-15)13(14)10-4-6-12(16)7-5-10/h4-7,11,13,16H,2-3,8-9,14H2,1H3. The van der Waals surface area contributed by atoms with Crippen LogP contribution in [-0.4, -0.2) is 30.1 Å². The Balaban J connectivity index is 2.06. The van der Waals surface area contributed by atoms with Crippen molar-refractivity contribution in [3.63, 3.8) is 0 Å². The molecule has 88 valence electrons. The number of nitrogens with zero attached hydrogens (tertiary/aromatic N) is 1. The second kappa shape index (κ2) is 4.85. The van der Waals surface area contributed by atoms with E-state index in [-0.39, 0.29) is 6.04 Å². The smallest absolute Gasteiger partial charge is 0.115 e. The van der Waals surface area contributed by atoms with Crippen molar-refractivity contribution in [1.29, 1.82) is 0 Å². The molecular weight excluding hydrogens is 200 g/mol. The molecule has 0 saturated carbocycles. The van der Waals surface area contributed by atoms with Crippen LogP contribution in [-0.2, 0) is 0 Å². The van der Waals surface area contributed by atoms with Crippen molar-refractivity contribution in [2.24, 2.45) is 11.7 Å². The third-order valence-electron chi connectivity index (χ3n) is 3.45. The molecule has 1 heterocycles. The van der Waals surface area contributed by atoms with Crippen LogP contribution in [0.4, 0.5) is 0 Å². The maximum atomic E-state index is 9.24. The highest BCUT2D eigenvalue weighted by molar-refractivity contribution is 5.28. The number of aromatic hydroxyl groups is 1. The number of rotatable bonds is 2. The lowest BCUT2D eigenvalue weighted by atomic mass is 9.87. The van der Waals surface area contributed by atoms with Gasteiger partial charge in [-0.2, -0.15) is 0 Å². The number of benzene rings is 1. The lowest BCUT2D eigenvalue weighted by Crippen LogP contribution is -2.37. The van der Waals surface area contributed by atoms with Crippen molar-refractivity contribution in [3.8, 4) is 5.75 Å². The number of piperidine rings is 1. The van der Waals surface area contributed by atoms with Gasteiger partial charge >= 0.3 is 0 Å². The van der Waals surface area contributed by atoms with Gasteiger partial charge in [-0.3, -0.25) is 0 Å². The Morgan fingerprint density at radius 3 is 2.69 bits per heavy atom. The molecule has 3 nitrogen and oxygen atoms in total. The average Bonchev–Trinajstić information content (AvgIpc) is 2.29. The first-order chi connectivity index (χ1) is 7.66. The zero-order chi connectivity index (χ0) is 11.5. The van der Waals surface area contributed by atoms with E-state index in [4.69, 9.17) is 5.73 Å². The molecule has 0 aliphatic carbocycles. The lowest BCUT2D eigenvalue weighted by molar-refractivity contribution is 0.188. The van der Waals surface area contributed by atoms with E-state index in [1.54, 1.807) is 12.1 Å². The summed E-state index contributed by atoms with van der Waals surface area (Å²) < 4.78 is 0. The van der Waals surface area contributed by atoms with Gasteiger partial charge in [0.05, 0.1) is 0 Å². The number of hydrogen-bond acceptors (Lipinski definition) is 3. The Kier molecular flexibility index (Phi) is 3.46. The van der Waals surface area contributed by atoms with Crippen molar-refractivity contribution in [1.82, 2.24) is 4.90 Å². The Labute approximate surface area is 96.9 Å². The third kappa shape index (κ3) is 2.54. The Bertz CT molecular complexity index is 336.